The molecule has 239 valence electrons. The van der Waals surface area contributed by atoms with E-state index >= 15 is 0 Å². The zero-order valence-corrected chi connectivity index (χ0v) is 45.6. The summed E-state index contributed by atoms with van der Waals surface area (Å²) in [4.78, 5) is 0. The van der Waals surface area contributed by atoms with Gasteiger partial charge in [0.2, 0.25) is 0 Å². The molecule has 0 heterocycles. The molecule has 0 aliphatic carbocycles. The Balaban J connectivity index is 12.6. The average molecular weight is 854 g/mol. The fourth-order valence-electron chi connectivity index (χ4n) is 14.0. The summed E-state index contributed by atoms with van der Waals surface area (Å²) >= 11 is 0. The lowest BCUT2D eigenvalue weighted by molar-refractivity contribution is 3.14. The fourth-order valence-corrected chi connectivity index (χ4v) is 14.0. The average Bonchev–Trinajstić information content (AvgIpc) is 3.23. The highest BCUT2D eigenvalue weighted by molar-refractivity contribution is 8.41. The normalized spacial score (nSPS) is 9.80. The Morgan fingerprint density at radius 1 is 0.152 bits per heavy atom. The van der Waals surface area contributed by atoms with Gasteiger partial charge in [0, 0.05) is 0 Å². The minimum Gasteiger partial charge on any atom is -0.690 e. The molecule has 0 atom stereocenters. The molecule has 0 aromatic rings. The van der Waals surface area contributed by atoms with Crippen LogP contribution in [-0.2, 0) is 0 Å². The van der Waals surface area contributed by atoms with E-state index in [1.165, 1.54) is 0 Å². The predicted molar refractivity (Wildman–Crippen MR) is 455 cm³/mol. The highest BCUT2D eigenvalue weighted by Crippen LogP contribution is 2.28. The van der Waals surface area contributed by atoms with Gasteiger partial charge in [-0.2, -0.15) is 0 Å². The summed E-state index contributed by atoms with van der Waals surface area (Å²) in [7, 11) is 275. The summed E-state index contributed by atoms with van der Waals surface area (Å²) < 4.78 is 0. The van der Waals surface area contributed by atoms with Crippen LogP contribution in [0.25, 0.3) is 0 Å². The van der Waals surface area contributed by atoms with Crippen LogP contribution in [0.3, 0.4) is 0 Å². The summed E-state index contributed by atoms with van der Waals surface area (Å²) in [5, 5.41) is 0. The van der Waals surface area contributed by atoms with Crippen molar-refractivity contribution in [3.8, 4) is 0 Å². The maximum Gasteiger partial charge on any atom is -0.0000000000000000000447 e. The van der Waals surface area contributed by atoms with Crippen molar-refractivity contribution in [2.24, 2.45) is 0 Å². The first-order chi connectivity index (χ1) is 36.0. The van der Waals surface area contributed by atoms with Crippen LogP contribution in [0.2, 0.25) is 0 Å². The second kappa shape index (κ2) is 38.9. The van der Waals surface area contributed by atoms with Crippen molar-refractivity contribution in [1.29, 1.82) is 0 Å². The maximum absolute atomic E-state index is 7.11. The van der Waals surface area contributed by atoms with Gasteiger partial charge in [0.25, 0.3) is 0 Å². The van der Waals surface area contributed by atoms with Crippen molar-refractivity contribution in [1.82, 2.24) is 0 Å². The molecule has 0 N–H and O–H groups in total. The Kier molecular flexibility index (Phi) is 41.4. The molecule has 0 aliphatic heterocycles. The topological polar surface area (TPSA) is 0 Å². The van der Waals surface area contributed by atoms with Gasteiger partial charge in [0.05, 0.1) is 0 Å². The lowest BCUT2D eigenvalue weighted by Crippen LogP contribution is -2.99. The van der Waals surface area contributed by atoms with Crippen molar-refractivity contribution in [3.63, 3.8) is 0 Å². The molecule has 79 heavy (non-hydrogen) atoms. The maximum atomic E-state index is 7.11. The van der Waals surface area contributed by atoms with E-state index in [2.05, 4.69) is 0 Å². The van der Waals surface area contributed by atoms with Crippen molar-refractivity contribution in [3.05, 3.63) is 0 Å². The minimum atomic E-state index is -1.88. The van der Waals surface area contributed by atoms with Crippen molar-refractivity contribution in [2.45, 2.75) is 0 Å². The fraction of sp³-hybridized carbons (Fsp3) is 0. The van der Waals surface area contributed by atoms with E-state index in [4.69, 9.17) is 309 Å². The molecule has 0 rings (SSSR count). The van der Waals surface area contributed by atoms with E-state index in [1.807, 2.05) is 0 Å². The Morgan fingerprint density at radius 2 is 0.253 bits per heavy atom. The van der Waals surface area contributed by atoms with Gasteiger partial charge >= 0.3 is 0 Å². The Morgan fingerprint density at radius 3 is 0.354 bits per heavy atom. The van der Waals surface area contributed by atoms with Crippen molar-refractivity contribution >= 4 is 559 Å². The van der Waals surface area contributed by atoms with Crippen LogP contribution < -0.4 is 0 Å². The van der Waals surface area contributed by atoms with Gasteiger partial charge in [-0.3, -0.25) is 7.06 Å². The number of rotatable bonds is 38. The third-order valence-corrected chi connectivity index (χ3v) is 16.7. The van der Waals surface area contributed by atoms with E-state index < -0.39 is 243 Å². The van der Waals surface area contributed by atoms with E-state index in [0.717, 1.165) is 7.06 Å². The molecule has 0 fully saturated rings. The first kappa shape index (κ1) is 84.1. The third kappa shape index (κ3) is 22.7. The molecule has 0 saturated heterocycles. The quantitative estimate of drug-likeness (QED) is 0.0543. The number of hydrogen-bond acceptors (Lipinski definition) is 0. The largest absolute Gasteiger partial charge is 0.690 e. The standard InChI is InChI=1S/B79/c1-41-61(40)71(60(38)39)76(70(58(34)35)59(36)37)79(77(72(62(42(2)3)43(4)5)63(44(6)7)45(8)9)73(64(46(10)11)47(12)13)65(48(14)15)49(16)17)78(74(66(50(18)19)51(20)21)67(52(22)23)53(24)25)75(68(54(26)27)55(28)29)69(56(30)31)57(32)33/q-2. The molecule has 0 saturated carbocycles. The van der Waals surface area contributed by atoms with Gasteiger partial charge in [-0.05, 0) is 530 Å². The van der Waals surface area contributed by atoms with Crippen LogP contribution in [0.1, 0.15) is 0 Å². The molecule has 83 radical (unpaired) electrons. The lowest BCUT2D eigenvalue weighted by atomic mass is 8.20. The van der Waals surface area contributed by atoms with E-state index in [0.29, 0.717) is 0 Å². The first-order valence-corrected chi connectivity index (χ1v) is 26.0. The van der Waals surface area contributed by atoms with Gasteiger partial charge in [-0.15, -0.1) is 0 Å². The van der Waals surface area contributed by atoms with Gasteiger partial charge in [-0.1, -0.05) is 0 Å². The van der Waals surface area contributed by atoms with E-state index in [1.54, 1.807) is 0 Å². The predicted octanol–water partition coefficient (Wildman–Crippen LogP) is -30.1. The van der Waals surface area contributed by atoms with Crippen LogP contribution in [0.4, 0.5) is 0 Å². The summed E-state index contributed by atoms with van der Waals surface area (Å²) in [6, 6.07) is 0. The first-order valence-electron chi connectivity index (χ1n) is 26.0. The van der Waals surface area contributed by atoms with Crippen LogP contribution in [-0.4, -0.2) is 559 Å². The smallest absolute Gasteiger partial charge is 0.0000000000000000000447 e. The lowest BCUT2D eigenvalue weighted by Gasteiger charge is -2.62. The summed E-state index contributed by atoms with van der Waals surface area (Å²) in [5.41, 5.74) is 0. The third-order valence-electron chi connectivity index (χ3n) is 16.7. The van der Waals surface area contributed by atoms with Gasteiger partial charge in [-0.25, -0.2) is 6.39 Å². The number of hydrogen-bond donors (Lipinski definition) is 0. The molecule has 0 unspecified atom stereocenters. The second-order valence-corrected chi connectivity index (χ2v) is 22.1. The highest BCUT2D eigenvalue weighted by Gasteiger charge is 2.65. The Hall–Kier alpha value is 5.13. The second-order valence-electron chi connectivity index (χ2n) is 22.1. The minimum absolute atomic E-state index is 1.04. The van der Waals surface area contributed by atoms with E-state index in [9.17, 15) is 0 Å². The SMILES string of the molecule is [B]B([B])B(B([B])[B])B(B(B([B])[B])B([B])[B])B(B(B(B([B])[B])B([B])[B])B(B([B])[B])B([B])[B])B(B(B(B([B])[B])B([B])[B])B(B([B])[B])B([B])[B][B-])B(B(B(B([B])[B])B([B])[B])B(B([B])[B])B([B])[B])B(B(B([B])[B])B([B])[B])B(B([B])[B])B([B])[B-]. The van der Waals surface area contributed by atoms with Crippen molar-refractivity contribution < 1.29 is 0 Å². The summed E-state index contributed by atoms with van der Waals surface area (Å²) in [6.07, 6.45) is -62.8. The highest BCUT2D eigenvalue weighted by atomic mass is 13.5. The molecule has 0 amide bonds. The van der Waals surface area contributed by atoms with Crippen LogP contribution in [0, 0.1) is 0 Å². The Labute approximate surface area is 553 Å². The molecular weight excluding hydrogens is 854 g/mol. The molecule has 0 spiro atoms. The summed E-state index contributed by atoms with van der Waals surface area (Å²) in [5.74, 6) is 0. The van der Waals surface area contributed by atoms with Crippen LogP contribution >= 0.6 is 0 Å². The molecule has 79 heteroatoms. The van der Waals surface area contributed by atoms with Gasteiger partial charge in [0.15, 0.2) is 0 Å². The molecule has 0 aliphatic rings. The van der Waals surface area contributed by atoms with Gasteiger partial charge in [0.1, 0.15) is 0 Å². The molecule has 0 nitrogen and oxygen atoms in total. The molecule has 0 aromatic carbocycles. The molecular formula is B79-2. The van der Waals surface area contributed by atoms with E-state index in [-0.39, 0.29) is 0 Å². The van der Waals surface area contributed by atoms with Gasteiger partial charge < -0.3 is 15.5 Å². The van der Waals surface area contributed by atoms with Crippen LogP contribution in [0.5, 0.6) is 0 Å². The summed E-state index contributed by atoms with van der Waals surface area (Å²) in [6.45, 7) is 0. The zero-order chi connectivity index (χ0) is 62.6. The molecule has 0 aromatic heterocycles. The van der Waals surface area contributed by atoms with Crippen molar-refractivity contribution in [2.75, 3.05) is 0 Å². The van der Waals surface area contributed by atoms with Crippen LogP contribution in [0.15, 0.2) is 0 Å². The molecule has 0 bridgehead atoms. The zero-order valence-electron chi connectivity index (χ0n) is 45.6. The Bertz CT molecular complexity index is 1200. The monoisotopic (exact) mass is 870 g/mol.